The van der Waals surface area contributed by atoms with Crippen molar-refractivity contribution in [2.24, 2.45) is 0 Å². The molecule has 0 aliphatic rings. The van der Waals surface area contributed by atoms with Crippen LogP contribution < -0.4 is 0 Å². The fourth-order valence-electron chi connectivity index (χ4n) is 0.416. The van der Waals surface area contributed by atoms with Crippen molar-refractivity contribution < 1.29 is 23.1 Å². The third-order valence-electron chi connectivity index (χ3n) is 1.10. The lowest BCUT2D eigenvalue weighted by molar-refractivity contribution is -0.134. The Hall–Kier alpha value is -0.640. The average molecular weight is 194 g/mol. The molecule has 12 heavy (non-hydrogen) atoms. The van der Waals surface area contributed by atoms with Crippen LogP contribution in [0.5, 0.6) is 0 Å². The first-order valence-electron chi connectivity index (χ1n) is 3.06. The monoisotopic (exact) mass is 194 g/mol. The Morgan fingerprint density at radius 3 is 2.08 bits per heavy atom. The van der Waals surface area contributed by atoms with Gasteiger partial charge < -0.3 is 13.8 Å². The van der Waals surface area contributed by atoms with E-state index in [-0.39, 0.29) is 0 Å². The second-order valence-electron chi connectivity index (χ2n) is 1.74. The van der Waals surface area contributed by atoms with Crippen LogP contribution >= 0.6 is 7.60 Å². The van der Waals surface area contributed by atoms with Crippen molar-refractivity contribution in [3.8, 4) is 0 Å². The summed E-state index contributed by atoms with van der Waals surface area (Å²) in [4.78, 5) is 10.5. The molecule has 0 amide bonds. The molecule has 0 aliphatic carbocycles. The summed E-state index contributed by atoms with van der Waals surface area (Å²) < 4.78 is 24.5. The third-order valence-corrected chi connectivity index (χ3v) is 2.64. The van der Waals surface area contributed by atoms with Crippen LogP contribution in [0.1, 0.15) is 0 Å². The van der Waals surface area contributed by atoms with Crippen molar-refractivity contribution in [2.45, 2.75) is 0 Å². The summed E-state index contributed by atoms with van der Waals surface area (Å²) in [5.74, 6) is 0.433. The summed E-state index contributed by atoms with van der Waals surface area (Å²) in [5.41, 5.74) is 0. The van der Waals surface area contributed by atoms with E-state index in [2.05, 4.69) is 13.8 Å². The highest BCUT2D eigenvalue weighted by molar-refractivity contribution is 7.57. The van der Waals surface area contributed by atoms with Crippen molar-refractivity contribution in [1.82, 2.24) is 0 Å². The number of carbonyl (C=O) groups is 1. The first-order valence-corrected chi connectivity index (χ1v) is 4.67. The second-order valence-corrected chi connectivity index (χ2v) is 3.85. The minimum Gasteiger partial charge on any atom is -0.466 e. The lowest BCUT2D eigenvalue weighted by atomic mass is 10.7. The van der Waals surface area contributed by atoms with Gasteiger partial charge in [-0.1, -0.05) is 0 Å². The molecule has 0 atom stereocenters. The molecule has 0 radical (unpaired) electrons. The summed E-state index contributed by atoms with van der Waals surface area (Å²) in [7, 11) is 0.446. The summed E-state index contributed by atoms with van der Waals surface area (Å²) >= 11 is 0. The molecule has 0 bridgehead atoms. The van der Waals surface area contributed by atoms with E-state index in [0.717, 1.165) is 11.9 Å². The van der Waals surface area contributed by atoms with Gasteiger partial charge in [-0.15, -0.1) is 0 Å². The van der Waals surface area contributed by atoms with E-state index in [0.29, 0.717) is 0 Å². The molecular formula is C6H11O5P. The molecule has 0 N–H and O–H groups in total. The van der Waals surface area contributed by atoms with Gasteiger partial charge in [0.25, 0.3) is 0 Å². The van der Waals surface area contributed by atoms with Gasteiger partial charge in [-0.2, -0.15) is 0 Å². The first kappa shape index (κ1) is 11.4. The van der Waals surface area contributed by atoms with Crippen LogP contribution in [0, 0.1) is 0 Å². The van der Waals surface area contributed by atoms with E-state index in [9.17, 15) is 9.36 Å². The lowest BCUT2D eigenvalue weighted by Crippen LogP contribution is -1.94. The Kier molecular flexibility index (Phi) is 4.81. The topological polar surface area (TPSA) is 61.8 Å². The summed E-state index contributed by atoms with van der Waals surface area (Å²) in [6.45, 7) is 0. The van der Waals surface area contributed by atoms with Crippen LogP contribution in [-0.4, -0.2) is 27.3 Å². The summed E-state index contributed by atoms with van der Waals surface area (Å²) in [6.07, 6.45) is 0.994. The average Bonchev–Trinajstić information content (AvgIpc) is 2.13. The van der Waals surface area contributed by atoms with Gasteiger partial charge in [0.15, 0.2) is 0 Å². The predicted octanol–water partition coefficient (Wildman–Crippen LogP) is 1.16. The molecule has 0 heterocycles. The van der Waals surface area contributed by atoms with Crippen LogP contribution in [0.4, 0.5) is 0 Å². The molecule has 0 spiro atoms. The zero-order chi connectivity index (χ0) is 9.61. The third kappa shape index (κ3) is 3.67. The van der Waals surface area contributed by atoms with E-state index in [1.807, 2.05) is 0 Å². The maximum absolute atomic E-state index is 11.2. The molecule has 70 valence electrons. The van der Waals surface area contributed by atoms with Crippen molar-refractivity contribution in [2.75, 3.05) is 21.3 Å². The number of ether oxygens (including phenoxy) is 1. The molecular weight excluding hydrogens is 183 g/mol. The van der Waals surface area contributed by atoms with Crippen LogP contribution in [-0.2, 0) is 23.1 Å². The first-order chi connectivity index (χ1) is 5.58. The Balaban J connectivity index is 4.30. The molecule has 5 nitrogen and oxygen atoms in total. The predicted molar refractivity (Wildman–Crippen MR) is 42.8 cm³/mol. The smallest absolute Gasteiger partial charge is 0.353 e. The van der Waals surface area contributed by atoms with Crippen molar-refractivity contribution in [3.63, 3.8) is 0 Å². The van der Waals surface area contributed by atoms with E-state index in [1.54, 1.807) is 0 Å². The highest BCUT2D eigenvalue weighted by Gasteiger charge is 2.16. The lowest BCUT2D eigenvalue weighted by Gasteiger charge is -2.06. The van der Waals surface area contributed by atoms with E-state index >= 15 is 0 Å². The molecule has 0 saturated carbocycles. The molecule has 6 heteroatoms. The van der Waals surface area contributed by atoms with Crippen LogP contribution in [0.15, 0.2) is 11.9 Å². The van der Waals surface area contributed by atoms with Gasteiger partial charge in [0.05, 0.1) is 7.11 Å². The van der Waals surface area contributed by atoms with E-state index < -0.39 is 13.6 Å². The highest BCUT2D eigenvalue weighted by atomic mass is 31.2. The Labute approximate surface area is 70.8 Å². The molecule has 0 aromatic carbocycles. The van der Waals surface area contributed by atoms with Crippen LogP contribution in [0.2, 0.25) is 0 Å². The molecule has 0 saturated heterocycles. The SMILES string of the molecule is COC(=O)C=CP(=O)(OC)OC. The number of hydrogen-bond acceptors (Lipinski definition) is 5. The molecule has 0 aromatic rings. The number of rotatable bonds is 4. The van der Waals surface area contributed by atoms with Gasteiger partial charge in [-0.3, -0.25) is 4.57 Å². The molecule has 0 aromatic heterocycles. The Morgan fingerprint density at radius 1 is 1.25 bits per heavy atom. The minimum absolute atomic E-state index is 0.607. The Morgan fingerprint density at radius 2 is 1.75 bits per heavy atom. The normalized spacial score (nSPS) is 11.9. The molecule has 0 aliphatic heterocycles. The number of carbonyl (C=O) groups excluding carboxylic acids is 1. The summed E-state index contributed by atoms with van der Waals surface area (Å²) in [5, 5.41) is 0. The minimum atomic E-state index is -3.23. The zero-order valence-electron chi connectivity index (χ0n) is 7.14. The quantitative estimate of drug-likeness (QED) is 0.381. The fourth-order valence-corrected chi connectivity index (χ4v) is 1.11. The van der Waals surface area contributed by atoms with Crippen molar-refractivity contribution in [3.05, 3.63) is 11.9 Å². The van der Waals surface area contributed by atoms with Gasteiger partial charge in [0.2, 0.25) is 0 Å². The van der Waals surface area contributed by atoms with E-state index in [4.69, 9.17) is 0 Å². The van der Waals surface area contributed by atoms with Crippen LogP contribution in [0.3, 0.4) is 0 Å². The van der Waals surface area contributed by atoms with Crippen LogP contribution in [0.25, 0.3) is 0 Å². The fraction of sp³-hybridized carbons (Fsp3) is 0.500. The van der Waals surface area contributed by atoms with E-state index in [1.165, 1.54) is 21.3 Å². The largest absolute Gasteiger partial charge is 0.466 e. The maximum Gasteiger partial charge on any atom is 0.353 e. The molecule has 0 unspecified atom stereocenters. The standard InChI is InChI=1S/C6H11O5P/c1-9-6(7)4-5-12(8,10-2)11-3/h4-5H,1-3H3. The molecule has 0 fully saturated rings. The number of methoxy groups -OCH3 is 1. The number of hydrogen-bond donors (Lipinski definition) is 0. The maximum atomic E-state index is 11.2. The van der Waals surface area contributed by atoms with Gasteiger partial charge >= 0.3 is 13.6 Å². The van der Waals surface area contributed by atoms with Gasteiger partial charge in [0.1, 0.15) is 0 Å². The van der Waals surface area contributed by atoms with Gasteiger partial charge in [-0.25, -0.2) is 4.79 Å². The van der Waals surface area contributed by atoms with Gasteiger partial charge in [0, 0.05) is 26.1 Å². The summed E-state index contributed by atoms with van der Waals surface area (Å²) in [6, 6.07) is 0. The highest BCUT2D eigenvalue weighted by Crippen LogP contribution is 2.47. The molecule has 0 rings (SSSR count). The Bertz CT molecular complexity index is 214. The van der Waals surface area contributed by atoms with Crippen molar-refractivity contribution >= 4 is 13.6 Å². The van der Waals surface area contributed by atoms with Crippen molar-refractivity contribution in [1.29, 1.82) is 0 Å². The number of esters is 1. The zero-order valence-corrected chi connectivity index (χ0v) is 8.04. The second kappa shape index (κ2) is 5.09. The van der Waals surface area contributed by atoms with Gasteiger partial charge in [-0.05, 0) is 0 Å².